The SMILES string of the molecule is C[C@@H]1CCCN1CCc1cc2cc(C(=O)c3ccccc3)ccc2o1. The van der Waals surface area contributed by atoms with Crippen molar-refractivity contribution in [1.29, 1.82) is 0 Å². The van der Waals surface area contributed by atoms with E-state index in [-0.39, 0.29) is 5.78 Å². The highest BCUT2D eigenvalue weighted by atomic mass is 16.3. The maximum Gasteiger partial charge on any atom is 0.193 e. The molecule has 0 radical (unpaired) electrons. The van der Waals surface area contributed by atoms with Crippen LogP contribution in [0, 0.1) is 0 Å². The lowest BCUT2D eigenvalue weighted by atomic mass is 10.0. The summed E-state index contributed by atoms with van der Waals surface area (Å²) in [4.78, 5) is 15.1. The summed E-state index contributed by atoms with van der Waals surface area (Å²) >= 11 is 0. The number of ketones is 1. The molecule has 3 aromatic rings. The van der Waals surface area contributed by atoms with E-state index in [1.54, 1.807) is 0 Å². The van der Waals surface area contributed by atoms with E-state index < -0.39 is 0 Å². The van der Waals surface area contributed by atoms with E-state index in [4.69, 9.17) is 4.42 Å². The quantitative estimate of drug-likeness (QED) is 0.635. The fraction of sp³-hybridized carbons (Fsp3) is 0.318. The average Bonchev–Trinajstić information content (AvgIpc) is 3.24. The Bertz CT molecular complexity index is 881. The first-order valence-electron chi connectivity index (χ1n) is 9.07. The summed E-state index contributed by atoms with van der Waals surface area (Å²) in [5.41, 5.74) is 2.28. The van der Waals surface area contributed by atoms with E-state index in [1.807, 2.05) is 48.5 Å². The summed E-state index contributed by atoms with van der Waals surface area (Å²) < 4.78 is 5.97. The van der Waals surface area contributed by atoms with Crippen LogP contribution in [-0.4, -0.2) is 29.8 Å². The molecule has 1 aliphatic rings. The standard InChI is InChI=1S/C22H23NO2/c1-16-6-5-12-23(16)13-11-20-15-19-14-18(9-10-21(19)25-20)22(24)17-7-3-2-4-8-17/h2-4,7-10,14-16H,5-6,11-13H2,1H3/t16-/m1/s1. The van der Waals surface area contributed by atoms with Crippen molar-refractivity contribution in [3.63, 3.8) is 0 Å². The number of benzene rings is 2. The van der Waals surface area contributed by atoms with Crippen LogP contribution in [0.2, 0.25) is 0 Å². The normalized spacial score (nSPS) is 18.0. The summed E-state index contributed by atoms with van der Waals surface area (Å²) in [6.45, 7) is 4.53. The molecular formula is C22H23NO2. The third-order valence-electron chi connectivity index (χ3n) is 5.20. The lowest BCUT2D eigenvalue weighted by Gasteiger charge is -2.19. The first kappa shape index (κ1) is 16.1. The number of hydrogen-bond donors (Lipinski definition) is 0. The van der Waals surface area contributed by atoms with Crippen molar-refractivity contribution in [2.75, 3.05) is 13.1 Å². The van der Waals surface area contributed by atoms with Crippen LogP contribution >= 0.6 is 0 Å². The number of fused-ring (bicyclic) bond motifs is 1. The first-order chi connectivity index (χ1) is 12.2. The summed E-state index contributed by atoms with van der Waals surface area (Å²) in [5.74, 6) is 1.05. The highest BCUT2D eigenvalue weighted by Gasteiger charge is 2.20. The molecule has 1 fully saturated rings. The molecule has 4 rings (SSSR count). The summed E-state index contributed by atoms with van der Waals surface area (Å²) in [5, 5.41) is 1.01. The van der Waals surface area contributed by atoms with Crippen LogP contribution in [-0.2, 0) is 6.42 Å². The number of nitrogens with zero attached hydrogens (tertiary/aromatic N) is 1. The van der Waals surface area contributed by atoms with Crippen molar-refractivity contribution < 1.29 is 9.21 Å². The largest absolute Gasteiger partial charge is 0.461 e. The third kappa shape index (κ3) is 3.38. The monoisotopic (exact) mass is 333 g/mol. The fourth-order valence-electron chi connectivity index (χ4n) is 3.70. The van der Waals surface area contributed by atoms with Crippen LogP contribution in [0.15, 0.2) is 59.0 Å². The van der Waals surface area contributed by atoms with Crippen LogP contribution in [0.1, 0.15) is 41.4 Å². The molecule has 0 bridgehead atoms. The predicted molar refractivity (Wildman–Crippen MR) is 100 cm³/mol. The molecule has 1 aliphatic heterocycles. The van der Waals surface area contributed by atoms with Gasteiger partial charge in [-0.25, -0.2) is 0 Å². The van der Waals surface area contributed by atoms with Crippen molar-refractivity contribution in [3.05, 3.63) is 71.5 Å². The van der Waals surface area contributed by atoms with Crippen molar-refractivity contribution in [3.8, 4) is 0 Å². The molecule has 3 heteroatoms. The highest BCUT2D eigenvalue weighted by molar-refractivity contribution is 6.10. The smallest absolute Gasteiger partial charge is 0.193 e. The molecule has 3 nitrogen and oxygen atoms in total. The molecule has 1 saturated heterocycles. The Balaban J connectivity index is 1.52. The van der Waals surface area contributed by atoms with Gasteiger partial charge in [-0.1, -0.05) is 30.3 Å². The van der Waals surface area contributed by atoms with Crippen LogP contribution in [0.5, 0.6) is 0 Å². The van der Waals surface area contributed by atoms with Crippen molar-refractivity contribution >= 4 is 16.8 Å². The minimum atomic E-state index is 0.0520. The van der Waals surface area contributed by atoms with Gasteiger partial charge in [-0.2, -0.15) is 0 Å². The molecule has 0 unspecified atom stereocenters. The van der Waals surface area contributed by atoms with E-state index in [9.17, 15) is 4.79 Å². The van der Waals surface area contributed by atoms with Crippen molar-refractivity contribution in [2.24, 2.45) is 0 Å². The molecule has 0 spiro atoms. The molecule has 1 atom stereocenters. The Kier molecular flexibility index (Phi) is 4.41. The van der Waals surface area contributed by atoms with E-state index >= 15 is 0 Å². The molecule has 25 heavy (non-hydrogen) atoms. The Labute approximate surface area is 148 Å². The van der Waals surface area contributed by atoms with Crippen LogP contribution in [0.3, 0.4) is 0 Å². The van der Waals surface area contributed by atoms with E-state index in [0.29, 0.717) is 17.2 Å². The van der Waals surface area contributed by atoms with Crippen molar-refractivity contribution in [1.82, 2.24) is 4.90 Å². The van der Waals surface area contributed by atoms with Gasteiger partial charge in [-0.05, 0) is 50.6 Å². The van der Waals surface area contributed by atoms with Gasteiger partial charge in [0, 0.05) is 35.5 Å². The summed E-state index contributed by atoms with van der Waals surface area (Å²) in [7, 11) is 0. The fourth-order valence-corrected chi connectivity index (χ4v) is 3.70. The van der Waals surface area contributed by atoms with Crippen LogP contribution in [0.25, 0.3) is 11.0 Å². The molecule has 1 aromatic heterocycles. The topological polar surface area (TPSA) is 33.5 Å². The lowest BCUT2D eigenvalue weighted by molar-refractivity contribution is 0.103. The summed E-state index contributed by atoms with van der Waals surface area (Å²) in [6, 6.07) is 17.9. The second-order valence-electron chi connectivity index (χ2n) is 6.94. The average molecular weight is 333 g/mol. The Hall–Kier alpha value is -2.39. The maximum absolute atomic E-state index is 12.6. The van der Waals surface area contributed by atoms with Gasteiger partial charge in [-0.3, -0.25) is 4.79 Å². The minimum Gasteiger partial charge on any atom is -0.461 e. The predicted octanol–water partition coefficient (Wildman–Crippen LogP) is 4.69. The Morgan fingerprint density at radius 3 is 2.72 bits per heavy atom. The second-order valence-corrected chi connectivity index (χ2v) is 6.94. The molecule has 0 amide bonds. The second kappa shape index (κ2) is 6.85. The van der Waals surface area contributed by atoms with Crippen molar-refractivity contribution in [2.45, 2.75) is 32.2 Å². The van der Waals surface area contributed by atoms with E-state index in [2.05, 4.69) is 17.9 Å². The molecule has 2 heterocycles. The molecule has 0 aliphatic carbocycles. The zero-order valence-electron chi connectivity index (χ0n) is 14.6. The van der Waals surface area contributed by atoms with Gasteiger partial charge in [0.2, 0.25) is 0 Å². The Morgan fingerprint density at radius 2 is 1.96 bits per heavy atom. The van der Waals surface area contributed by atoms with Gasteiger partial charge < -0.3 is 9.32 Å². The van der Waals surface area contributed by atoms with Gasteiger partial charge in [0.25, 0.3) is 0 Å². The minimum absolute atomic E-state index is 0.0520. The van der Waals surface area contributed by atoms with Gasteiger partial charge in [0.15, 0.2) is 5.78 Å². The summed E-state index contributed by atoms with van der Waals surface area (Å²) in [6.07, 6.45) is 3.51. The van der Waals surface area contributed by atoms with Gasteiger partial charge in [0.05, 0.1) is 0 Å². The first-order valence-corrected chi connectivity index (χ1v) is 9.07. The Morgan fingerprint density at radius 1 is 1.12 bits per heavy atom. The maximum atomic E-state index is 12.6. The number of carbonyl (C=O) groups is 1. The van der Waals surface area contributed by atoms with E-state index in [0.717, 1.165) is 29.7 Å². The molecule has 0 saturated carbocycles. The van der Waals surface area contributed by atoms with Crippen LogP contribution < -0.4 is 0 Å². The lowest BCUT2D eigenvalue weighted by Crippen LogP contribution is -2.28. The molecule has 128 valence electrons. The molecule has 0 N–H and O–H groups in total. The van der Waals surface area contributed by atoms with Gasteiger partial charge >= 0.3 is 0 Å². The number of hydrogen-bond acceptors (Lipinski definition) is 3. The number of rotatable bonds is 5. The highest BCUT2D eigenvalue weighted by Crippen LogP contribution is 2.24. The zero-order chi connectivity index (χ0) is 17.2. The third-order valence-corrected chi connectivity index (χ3v) is 5.20. The number of likely N-dealkylation sites (tertiary alicyclic amines) is 1. The molecule has 2 aromatic carbocycles. The number of carbonyl (C=O) groups excluding carboxylic acids is 1. The van der Waals surface area contributed by atoms with Gasteiger partial charge in [0.1, 0.15) is 11.3 Å². The number of furan rings is 1. The molecular weight excluding hydrogens is 310 g/mol. The van der Waals surface area contributed by atoms with E-state index in [1.165, 1.54) is 19.4 Å². The zero-order valence-corrected chi connectivity index (χ0v) is 14.6. The van der Waals surface area contributed by atoms with Crippen LogP contribution in [0.4, 0.5) is 0 Å². The van der Waals surface area contributed by atoms with Gasteiger partial charge in [-0.15, -0.1) is 0 Å².